The summed E-state index contributed by atoms with van der Waals surface area (Å²) in [5, 5.41) is 5.59. The van der Waals surface area contributed by atoms with Gasteiger partial charge in [0.1, 0.15) is 5.82 Å². The van der Waals surface area contributed by atoms with Crippen LogP contribution in [-0.2, 0) is 16.0 Å². The van der Waals surface area contributed by atoms with Crippen molar-refractivity contribution >= 4 is 17.7 Å². The summed E-state index contributed by atoms with van der Waals surface area (Å²) in [6, 6.07) is 13.3. The molecule has 2 aromatic carbocycles. The average Bonchev–Trinajstić information content (AvgIpc) is 2.74. The van der Waals surface area contributed by atoms with E-state index in [2.05, 4.69) is 10.6 Å². The third-order valence-corrected chi connectivity index (χ3v) is 5.39. The molecule has 30 heavy (non-hydrogen) atoms. The second-order valence-corrected chi connectivity index (χ2v) is 7.33. The summed E-state index contributed by atoms with van der Waals surface area (Å²) in [5.74, 6) is -0.801. The molecule has 2 N–H and O–H groups in total. The highest BCUT2D eigenvalue weighted by Gasteiger charge is 2.35. The van der Waals surface area contributed by atoms with Gasteiger partial charge < -0.3 is 20.3 Å². The highest BCUT2D eigenvalue weighted by Crippen LogP contribution is 2.33. The predicted molar refractivity (Wildman–Crippen MR) is 111 cm³/mol. The molecule has 0 fully saturated rings. The Hall–Kier alpha value is -3.35. The number of carbonyl (C=O) groups is 2. The number of carbonyl (C=O) groups excluding carboxylic acids is 2. The fourth-order valence-electron chi connectivity index (χ4n) is 4.13. The molecular formula is C23H24FN3O3. The minimum absolute atomic E-state index is 0.207. The number of halogens is 1. The lowest BCUT2D eigenvalue weighted by atomic mass is 9.94. The van der Waals surface area contributed by atoms with Crippen molar-refractivity contribution in [2.45, 2.75) is 25.8 Å². The number of para-hydroxylation sites is 1. The smallest absolute Gasteiger partial charge is 0.338 e. The summed E-state index contributed by atoms with van der Waals surface area (Å²) in [6.45, 7) is 2.79. The van der Waals surface area contributed by atoms with Crippen molar-refractivity contribution in [1.82, 2.24) is 10.6 Å². The number of hydrogen-bond donors (Lipinski definition) is 2. The number of fused-ring (bicyclic) bond motifs is 1. The summed E-state index contributed by atoms with van der Waals surface area (Å²) in [5.41, 5.74) is 3.01. The molecule has 0 bridgehead atoms. The molecule has 0 saturated heterocycles. The van der Waals surface area contributed by atoms with Crippen LogP contribution in [0.1, 0.15) is 30.5 Å². The Morgan fingerprint density at radius 1 is 1.20 bits per heavy atom. The number of esters is 1. The summed E-state index contributed by atoms with van der Waals surface area (Å²) in [4.78, 5) is 27.2. The number of anilines is 1. The average molecular weight is 409 g/mol. The fraction of sp³-hybridized carbons (Fsp3) is 0.304. The van der Waals surface area contributed by atoms with E-state index in [1.807, 2.05) is 41.3 Å². The number of aryl methyl sites for hydroxylation is 1. The van der Waals surface area contributed by atoms with Crippen LogP contribution in [0.2, 0.25) is 0 Å². The maximum Gasteiger partial charge on any atom is 0.338 e. The maximum absolute atomic E-state index is 14.6. The predicted octanol–water partition coefficient (Wildman–Crippen LogP) is 3.45. The zero-order valence-corrected chi connectivity index (χ0v) is 16.8. The fourth-order valence-corrected chi connectivity index (χ4v) is 4.13. The van der Waals surface area contributed by atoms with E-state index in [1.54, 1.807) is 13.0 Å². The van der Waals surface area contributed by atoms with Gasteiger partial charge in [-0.2, -0.15) is 0 Å². The van der Waals surface area contributed by atoms with E-state index >= 15 is 0 Å². The van der Waals surface area contributed by atoms with Gasteiger partial charge in [0.25, 0.3) is 0 Å². The minimum atomic E-state index is -0.640. The number of amides is 2. The van der Waals surface area contributed by atoms with Crippen LogP contribution in [0.4, 0.5) is 14.9 Å². The number of nitrogens with zero attached hydrogens (tertiary/aromatic N) is 1. The van der Waals surface area contributed by atoms with E-state index in [-0.39, 0.29) is 19.0 Å². The molecule has 4 rings (SSSR count). The molecule has 2 aromatic rings. The molecule has 0 spiro atoms. The summed E-state index contributed by atoms with van der Waals surface area (Å²) in [7, 11) is 0. The van der Waals surface area contributed by atoms with E-state index < -0.39 is 18.0 Å². The molecule has 6 nitrogen and oxygen atoms in total. The number of ether oxygens (including phenoxy) is 1. The van der Waals surface area contributed by atoms with Gasteiger partial charge >= 0.3 is 12.0 Å². The van der Waals surface area contributed by atoms with E-state index in [0.717, 1.165) is 24.0 Å². The van der Waals surface area contributed by atoms with Crippen molar-refractivity contribution in [1.29, 1.82) is 0 Å². The van der Waals surface area contributed by atoms with Gasteiger partial charge in [0.15, 0.2) is 0 Å². The van der Waals surface area contributed by atoms with Crippen LogP contribution in [0.15, 0.2) is 59.8 Å². The molecule has 156 valence electrons. The number of urea groups is 1. The van der Waals surface area contributed by atoms with Gasteiger partial charge in [-0.05, 0) is 37.0 Å². The zero-order chi connectivity index (χ0) is 21.1. The molecule has 2 aliphatic heterocycles. The summed E-state index contributed by atoms with van der Waals surface area (Å²) in [6.07, 6.45) is 1.67. The second kappa shape index (κ2) is 8.57. The molecule has 2 heterocycles. The van der Waals surface area contributed by atoms with E-state index in [1.165, 1.54) is 6.07 Å². The van der Waals surface area contributed by atoms with Gasteiger partial charge in [0.2, 0.25) is 0 Å². The van der Waals surface area contributed by atoms with Crippen molar-refractivity contribution in [3.8, 4) is 0 Å². The first-order chi connectivity index (χ1) is 14.6. The Morgan fingerprint density at radius 3 is 2.77 bits per heavy atom. The Labute approximate surface area is 174 Å². The Morgan fingerprint density at radius 2 is 2.00 bits per heavy atom. The molecule has 0 radical (unpaired) electrons. The topological polar surface area (TPSA) is 70.7 Å². The number of nitrogens with one attached hydrogen (secondary N) is 2. The molecule has 0 aromatic heterocycles. The van der Waals surface area contributed by atoms with Gasteiger partial charge in [-0.25, -0.2) is 14.0 Å². The van der Waals surface area contributed by atoms with Gasteiger partial charge in [0.05, 0.1) is 36.2 Å². The highest BCUT2D eigenvalue weighted by atomic mass is 19.1. The second-order valence-electron chi connectivity index (χ2n) is 7.33. The van der Waals surface area contributed by atoms with Gasteiger partial charge in [0, 0.05) is 6.54 Å². The Balaban J connectivity index is 1.77. The minimum Gasteiger partial charge on any atom is -0.463 e. The molecule has 0 unspecified atom stereocenters. The number of rotatable bonds is 5. The lowest BCUT2D eigenvalue weighted by Crippen LogP contribution is -2.49. The van der Waals surface area contributed by atoms with Gasteiger partial charge in [-0.3, -0.25) is 0 Å². The molecule has 0 aliphatic carbocycles. The monoisotopic (exact) mass is 409 g/mol. The van der Waals surface area contributed by atoms with Crippen LogP contribution >= 0.6 is 0 Å². The van der Waals surface area contributed by atoms with Crippen molar-refractivity contribution in [3.05, 3.63) is 76.7 Å². The van der Waals surface area contributed by atoms with Crippen LogP contribution in [-0.4, -0.2) is 31.7 Å². The Kier molecular flexibility index (Phi) is 5.70. The van der Waals surface area contributed by atoms with Crippen LogP contribution < -0.4 is 15.5 Å². The van der Waals surface area contributed by atoms with Crippen LogP contribution in [0.25, 0.3) is 0 Å². The molecule has 0 saturated carbocycles. The van der Waals surface area contributed by atoms with Gasteiger partial charge in [-0.1, -0.05) is 42.5 Å². The van der Waals surface area contributed by atoms with Crippen LogP contribution in [0.5, 0.6) is 0 Å². The van der Waals surface area contributed by atoms with E-state index in [4.69, 9.17) is 4.74 Å². The first kappa shape index (κ1) is 19.9. The summed E-state index contributed by atoms with van der Waals surface area (Å²) >= 11 is 0. The number of benzene rings is 2. The largest absolute Gasteiger partial charge is 0.463 e. The molecular weight excluding hydrogens is 385 g/mol. The first-order valence-corrected chi connectivity index (χ1v) is 10.1. The van der Waals surface area contributed by atoms with Gasteiger partial charge in [-0.15, -0.1) is 0 Å². The molecule has 2 aliphatic rings. The van der Waals surface area contributed by atoms with E-state index in [0.29, 0.717) is 23.5 Å². The Bertz CT molecular complexity index is 990. The normalized spacial score (nSPS) is 18.4. The van der Waals surface area contributed by atoms with Crippen LogP contribution in [0.3, 0.4) is 0 Å². The molecule has 7 heteroatoms. The lowest BCUT2D eigenvalue weighted by molar-refractivity contribution is -0.139. The quantitative estimate of drug-likeness (QED) is 0.742. The standard InChI is InChI=1S/C23H24FN3O3/c1-2-30-22(28)19-18(25-23(29)26-20(19)15-8-4-3-5-9-15)14-27-13-7-11-16-10-6-12-17(24)21(16)27/h3-6,8-10,12,20H,2,7,11,13-14H2,1H3,(H2,25,26,29)/t20-/m0/s1. The highest BCUT2D eigenvalue weighted by molar-refractivity contribution is 5.95. The third-order valence-electron chi connectivity index (χ3n) is 5.39. The third kappa shape index (κ3) is 3.87. The van der Waals surface area contributed by atoms with Crippen molar-refractivity contribution < 1.29 is 18.7 Å². The summed E-state index contributed by atoms with van der Waals surface area (Å²) < 4.78 is 19.9. The molecule has 1 atom stereocenters. The van der Waals surface area contributed by atoms with Crippen LogP contribution in [0, 0.1) is 5.82 Å². The van der Waals surface area contributed by atoms with Crippen molar-refractivity contribution in [2.75, 3.05) is 24.6 Å². The number of hydrogen-bond acceptors (Lipinski definition) is 4. The zero-order valence-electron chi connectivity index (χ0n) is 16.8. The van der Waals surface area contributed by atoms with E-state index in [9.17, 15) is 14.0 Å². The van der Waals surface area contributed by atoms with Crippen molar-refractivity contribution in [2.24, 2.45) is 0 Å². The molecule has 2 amide bonds. The lowest BCUT2D eigenvalue weighted by Gasteiger charge is -2.35. The maximum atomic E-state index is 14.6. The van der Waals surface area contributed by atoms with Crippen molar-refractivity contribution in [3.63, 3.8) is 0 Å². The SMILES string of the molecule is CCOC(=O)C1=C(CN2CCCc3cccc(F)c32)NC(=O)N[C@H]1c1ccccc1. The first-order valence-electron chi connectivity index (χ1n) is 10.1.